The van der Waals surface area contributed by atoms with Crippen LogP contribution in [0.1, 0.15) is 16.1 Å². The molecule has 3 aromatic rings. The average molecular weight is 529 g/mol. The van der Waals surface area contributed by atoms with Gasteiger partial charge in [-0.25, -0.2) is 13.4 Å². The van der Waals surface area contributed by atoms with Crippen LogP contribution in [0, 0.1) is 0 Å². The van der Waals surface area contributed by atoms with Crippen molar-refractivity contribution >= 4 is 60.1 Å². The Hall–Kier alpha value is -2.18. The third-order valence-corrected chi connectivity index (χ3v) is 7.80. The van der Waals surface area contributed by atoms with E-state index in [4.69, 9.17) is 22.1 Å². The quantitative estimate of drug-likeness (QED) is 0.422. The van der Waals surface area contributed by atoms with Crippen LogP contribution in [-0.2, 0) is 21.3 Å². The Morgan fingerprint density at radius 3 is 2.74 bits per heavy atom. The normalized spacial score (nSPS) is 15.3. The molecule has 0 atom stereocenters. The van der Waals surface area contributed by atoms with Crippen LogP contribution >= 0.6 is 27.5 Å². The number of aromatic nitrogens is 2. The molecule has 164 valence electrons. The van der Waals surface area contributed by atoms with Gasteiger partial charge in [-0.15, -0.1) is 0 Å². The molecule has 9 nitrogen and oxygen atoms in total. The summed E-state index contributed by atoms with van der Waals surface area (Å²) in [5.41, 5.74) is 7.31. The van der Waals surface area contributed by atoms with Crippen molar-refractivity contribution in [2.45, 2.75) is 11.4 Å². The molecule has 1 aliphatic rings. The number of amides is 1. The number of rotatable bonds is 6. The van der Waals surface area contributed by atoms with Gasteiger partial charge in [-0.05, 0) is 39.7 Å². The van der Waals surface area contributed by atoms with E-state index in [1.165, 1.54) is 4.31 Å². The number of anilines is 1. The summed E-state index contributed by atoms with van der Waals surface area (Å²) in [6, 6.07) is 6.90. The molecular formula is C19H19BrClN5O4S. The molecule has 3 heterocycles. The number of carbonyl (C=O) groups is 1. The molecule has 0 saturated carbocycles. The molecule has 0 bridgehead atoms. The SMILES string of the molecule is NC(=O)c1[nH]c2c(NCc3ccnc(Cl)c3)c(Br)ccc2c1S(=O)(=O)N1CCOCC1. The number of pyridine rings is 1. The Kier molecular flexibility index (Phi) is 6.22. The number of ether oxygens (including phenoxy) is 1. The van der Waals surface area contributed by atoms with Crippen molar-refractivity contribution in [1.29, 1.82) is 0 Å². The number of primary amides is 1. The third kappa shape index (κ3) is 4.28. The van der Waals surface area contributed by atoms with Gasteiger partial charge in [0.15, 0.2) is 0 Å². The summed E-state index contributed by atoms with van der Waals surface area (Å²) in [4.78, 5) is 18.9. The van der Waals surface area contributed by atoms with Crippen molar-refractivity contribution in [1.82, 2.24) is 14.3 Å². The first-order chi connectivity index (χ1) is 14.8. The zero-order chi connectivity index (χ0) is 22.2. The number of aromatic amines is 1. The van der Waals surface area contributed by atoms with Gasteiger partial charge in [0.25, 0.3) is 5.91 Å². The van der Waals surface area contributed by atoms with Gasteiger partial charge in [0.1, 0.15) is 15.7 Å². The number of hydrogen-bond acceptors (Lipinski definition) is 6. The summed E-state index contributed by atoms with van der Waals surface area (Å²) >= 11 is 9.44. The van der Waals surface area contributed by atoms with E-state index in [1.807, 2.05) is 6.07 Å². The minimum atomic E-state index is -3.97. The minimum Gasteiger partial charge on any atom is -0.379 e. The van der Waals surface area contributed by atoms with Crippen LogP contribution in [0.15, 0.2) is 39.8 Å². The average Bonchev–Trinajstić information content (AvgIpc) is 3.15. The van der Waals surface area contributed by atoms with Gasteiger partial charge in [-0.2, -0.15) is 4.31 Å². The first-order valence-corrected chi connectivity index (χ1v) is 12.0. The highest BCUT2D eigenvalue weighted by atomic mass is 79.9. The standard InChI is InChI=1S/C19H19BrClN5O4S/c20-13-2-1-12-15(16(13)24-10-11-3-4-23-14(21)9-11)25-17(19(22)27)18(12)31(28,29)26-5-7-30-8-6-26/h1-4,9,24-25H,5-8,10H2,(H2,22,27). The Morgan fingerprint density at radius 2 is 2.06 bits per heavy atom. The molecule has 1 saturated heterocycles. The number of nitrogens with one attached hydrogen (secondary N) is 2. The van der Waals surface area contributed by atoms with Crippen LogP contribution in [-0.4, -0.2) is 54.9 Å². The second-order valence-electron chi connectivity index (χ2n) is 6.90. The third-order valence-electron chi connectivity index (χ3n) is 4.95. The van der Waals surface area contributed by atoms with Gasteiger partial charge in [-0.3, -0.25) is 4.79 Å². The van der Waals surface area contributed by atoms with E-state index >= 15 is 0 Å². The summed E-state index contributed by atoms with van der Waals surface area (Å²) < 4.78 is 34.0. The van der Waals surface area contributed by atoms with E-state index in [0.717, 1.165) is 5.56 Å². The fourth-order valence-electron chi connectivity index (χ4n) is 3.49. The Balaban J connectivity index is 1.81. The molecule has 4 N–H and O–H groups in total. The monoisotopic (exact) mass is 527 g/mol. The van der Waals surface area contributed by atoms with Crippen LogP contribution in [0.25, 0.3) is 10.9 Å². The Labute approximate surface area is 192 Å². The number of H-pyrrole nitrogens is 1. The lowest BCUT2D eigenvalue weighted by Gasteiger charge is -2.26. The molecule has 31 heavy (non-hydrogen) atoms. The van der Waals surface area contributed by atoms with Crippen molar-refractivity contribution < 1.29 is 17.9 Å². The molecule has 0 spiro atoms. The second-order valence-corrected chi connectivity index (χ2v) is 10.0. The first-order valence-electron chi connectivity index (χ1n) is 9.35. The zero-order valence-electron chi connectivity index (χ0n) is 16.2. The number of morpholine rings is 1. The highest BCUT2D eigenvalue weighted by molar-refractivity contribution is 9.10. The smallest absolute Gasteiger partial charge is 0.266 e. The van der Waals surface area contributed by atoms with Gasteiger partial charge < -0.3 is 20.8 Å². The van der Waals surface area contributed by atoms with Crippen LogP contribution in [0.3, 0.4) is 0 Å². The maximum absolute atomic E-state index is 13.4. The number of fused-ring (bicyclic) bond motifs is 1. The van der Waals surface area contributed by atoms with Crippen LogP contribution in [0.5, 0.6) is 0 Å². The summed E-state index contributed by atoms with van der Waals surface area (Å²) in [5.74, 6) is -0.856. The predicted octanol–water partition coefficient (Wildman–Crippen LogP) is 2.71. The first kappa shape index (κ1) is 22.0. The number of benzene rings is 1. The van der Waals surface area contributed by atoms with Gasteiger partial charge in [-0.1, -0.05) is 17.7 Å². The number of carbonyl (C=O) groups excluding carboxylic acids is 1. The highest BCUT2D eigenvalue weighted by Crippen LogP contribution is 2.37. The number of halogens is 2. The minimum absolute atomic E-state index is 0.126. The molecule has 12 heteroatoms. The molecule has 1 fully saturated rings. The van der Waals surface area contributed by atoms with Crippen LogP contribution < -0.4 is 11.1 Å². The van der Waals surface area contributed by atoms with E-state index in [2.05, 4.69) is 31.2 Å². The molecule has 0 radical (unpaired) electrons. The lowest BCUT2D eigenvalue weighted by molar-refractivity contribution is 0.0730. The van der Waals surface area contributed by atoms with Crippen molar-refractivity contribution in [3.05, 3.63) is 51.3 Å². The number of hydrogen-bond donors (Lipinski definition) is 3. The van der Waals surface area contributed by atoms with Gasteiger partial charge in [0.05, 0.1) is 24.4 Å². The zero-order valence-corrected chi connectivity index (χ0v) is 19.3. The summed E-state index contributed by atoms with van der Waals surface area (Å²) in [7, 11) is -3.97. The summed E-state index contributed by atoms with van der Waals surface area (Å²) in [5, 5.41) is 4.01. The van der Waals surface area contributed by atoms with Gasteiger partial charge in [0.2, 0.25) is 10.0 Å². The van der Waals surface area contributed by atoms with E-state index < -0.39 is 15.9 Å². The van der Waals surface area contributed by atoms with E-state index in [1.54, 1.807) is 24.4 Å². The Morgan fingerprint density at radius 1 is 1.32 bits per heavy atom. The molecule has 1 aromatic carbocycles. The van der Waals surface area contributed by atoms with Crippen LogP contribution in [0.4, 0.5) is 5.69 Å². The summed E-state index contributed by atoms with van der Waals surface area (Å²) in [6.45, 7) is 1.40. The maximum Gasteiger partial charge on any atom is 0.266 e. The largest absolute Gasteiger partial charge is 0.379 e. The molecule has 0 aliphatic carbocycles. The summed E-state index contributed by atoms with van der Waals surface area (Å²) in [6.07, 6.45) is 1.60. The number of sulfonamides is 1. The highest BCUT2D eigenvalue weighted by Gasteiger charge is 2.34. The maximum atomic E-state index is 13.4. The Bertz CT molecular complexity index is 1260. The molecule has 2 aromatic heterocycles. The molecule has 1 aliphatic heterocycles. The number of nitrogens with two attached hydrogens (primary N) is 1. The second kappa shape index (κ2) is 8.75. The number of nitrogens with zero attached hydrogens (tertiary/aromatic N) is 2. The van der Waals surface area contributed by atoms with Crippen LogP contribution in [0.2, 0.25) is 5.15 Å². The van der Waals surface area contributed by atoms with E-state index in [0.29, 0.717) is 46.0 Å². The predicted molar refractivity (Wildman–Crippen MR) is 121 cm³/mol. The van der Waals surface area contributed by atoms with Crippen molar-refractivity contribution in [3.63, 3.8) is 0 Å². The van der Waals surface area contributed by atoms with Gasteiger partial charge >= 0.3 is 0 Å². The van der Waals surface area contributed by atoms with Crippen molar-refractivity contribution in [2.24, 2.45) is 5.73 Å². The van der Waals surface area contributed by atoms with Crippen molar-refractivity contribution in [3.8, 4) is 0 Å². The molecule has 1 amide bonds. The topological polar surface area (TPSA) is 130 Å². The van der Waals surface area contributed by atoms with Crippen molar-refractivity contribution in [2.75, 3.05) is 31.6 Å². The molecule has 4 rings (SSSR count). The molecule has 0 unspecified atom stereocenters. The molecular weight excluding hydrogens is 510 g/mol. The lowest BCUT2D eigenvalue weighted by Crippen LogP contribution is -2.41. The lowest BCUT2D eigenvalue weighted by atomic mass is 10.2. The van der Waals surface area contributed by atoms with E-state index in [-0.39, 0.29) is 23.7 Å². The fourth-order valence-corrected chi connectivity index (χ4v) is 5.90. The van der Waals surface area contributed by atoms with E-state index in [9.17, 15) is 13.2 Å². The van der Waals surface area contributed by atoms with Gasteiger partial charge in [0, 0.05) is 35.7 Å². The fraction of sp³-hybridized carbons (Fsp3) is 0.263.